The molecule has 7 heteroatoms. The number of hydrogen-bond acceptors (Lipinski definition) is 3. The lowest BCUT2D eigenvalue weighted by Gasteiger charge is -2.15. The number of aryl methyl sites for hydroxylation is 1. The van der Waals surface area contributed by atoms with Gasteiger partial charge in [0.15, 0.2) is 5.65 Å². The highest BCUT2D eigenvalue weighted by Crippen LogP contribution is 2.16. The topological polar surface area (TPSA) is 59.9 Å². The quantitative estimate of drug-likeness (QED) is 0.524. The van der Waals surface area contributed by atoms with Crippen LogP contribution in [0.2, 0.25) is 31.0 Å². The molecule has 2 heterocycles. The van der Waals surface area contributed by atoms with Gasteiger partial charge in [0.1, 0.15) is 6.73 Å². The van der Waals surface area contributed by atoms with Gasteiger partial charge in [-0.2, -0.15) is 0 Å². The molecule has 2 aromatic heterocycles. The van der Waals surface area contributed by atoms with E-state index in [1.54, 1.807) is 0 Å². The summed E-state index contributed by atoms with van der Waals surface area (Å²) in [6, 6.07) is 1.11. The molecule has 0 amide bonds. The van der Waals surface area contributed by atoms with Gasteiger partial charge in [-0.05, 0) is 30.1 Å². The molecule has 0 saturated heterocycles. The lowest BCUT2D eigenvalue weighted by Crippen LogP contribution is -2.22. The van der Waals surface area contributed by atoms with Crippen LogP contribution in [0.4, 0.5) is 0 Å². The van der Waals surface area contributed by atoms with Crippen LogP contribution in [-0.4, -0.2) is 29.2 Å². The standard InChI is InChI=1S/C13H20ClN3O2Si/c1-9-7-17(8-19-5-6-20(2,3)4)11-10(9)12(18)16-13(14)15-11/h7H,5-6,8H2,1-4H3,(H,15,16,18). The number of nitrogens with one attached hydrogen (secondary N) is 1. The molecule has 0 aliphatic carbocycles. The molecule has 2 aromatic rings. The van der Waals surface area contributed by atoms with Crippen molar-refractivity contribution in [3.05, 3.63) is 27.4 Å². The van der Waals surface area contributed by atoms with E-state index >= 15 is 0 Å². The minimum Gasteiger partial charge on any atom is -0.361 e. The fourth-order valence-electron chi connectivity index (χ4n) is 2.00. The molecular weight excluding hydrogens is 294 g/mol. The molecule has 0 bridgehead atoms. The lowest BCUT2D eigenvalue weighted by atomic mass is 10.3. The number of H-pyrrole nitrogens is 1. The van der Waals surface area contributed by atoms with Gasteiger partial charge in [0.2, 0.25) is 5.28 Å². The Morgan fingerprint density at radius 2 is 2.15 bits per heavy atom. The number of halogens is 1. The fourth-order valence-corrected chi connectivity index (χ4v) is 2.92. The Kier molecular flexibility index (Phi) is 4.36. The largest absolute Gasteiger partial charge is 0.361 e. The van der Waals surface area contributed by atoms with Crippen LogP contribution in [0, 0.1) is 6.92 Å². The highest BCUT2D eigenvalue weighted by Gasteiger charge is 2.14. The van der Waals surface area contributed by atoms with Crippen molar-refractivity contribution in [1.29, 1.82) is 0 Å². The Morgan fingerprint density at radius 1 is 1.45 bits per heavy atom. The number of hydrogen-bond donors (Lipinski definition) is 1. The van der Waals surface area contributed by atoms with Crippen LogP contribution in [-0.2, 0) is 11.5 Å². The zero-order chi connectivity index (χ0) is 14.9. The van der Waals surface area contributed by atoms with Gasteiger partial charge >= 0.3 is 0 Å². The lowest BCUT2D eigenvalue weighted by molar-refractivity contribution is 0.0898. The Balaban J connectivity index is 2.17. The monoisotopic (exact) mass is 313 g/mol. The summed E-state index contributed by atoms with van der Waals surface area (Å²) in [7, 11) is -1.09. The summed E-state index contributed by atoms with van der Waals surface area (Å²) in [5, 5.41) is 0.673. The molecule has 0 fully saturated rings. The number of ether oxygens (including phenoxy) is 1. The van der Waals surface area contributed by atoms with Crippen molar-refractivity contribution in [2.24, 2.45) is 0 Å². The molecule has 20 heavy (non-hydrogen) atoms. The molecule has 0 saturated carbocycles. The number of aromatic nitrogens is 3. The third-order valence-corrected chi connectivity index (χ3v) is 5.00. The predicted octanol–water partition coefficient (Wildman–Crippen LogP) is 3.00. The van der Waals surface area contributed by atoms with Crippen molar-refractivity contribution >= 4 is 30.7 Å². The first-order chi connectivity index (χ1) is 9.28. The van der Waals surface area contributed by atoms with Gasteiger partial charge in [0.05, 0.1) is 5.39 Å². The number of nitrogens with zero attached hydrogens (tertiary/aromatic N) is 2. The minimum atomic E-state index is -1.09. The first-order valence-corrected chi connectivity index (χ1v) is 10.7. The molecule has 2 rings (SSSR count). The second-order valence-electron chi connectivity index (χ2n) is 6.19. The third-order valence-electron chi connectivity index (χ3n) is 3.11. The first-order valence-electron chi connectivity index (χ1n) is 6.61. The molecule has 0 aliphatic rings. The van der Waals surface area contributed by atoms with E-state index in [2.05, 4.69) is 29.6 Å². The van der Waals surface area contributed by atoms with Gasteiger partial charge in [-0.3, -0.25) is 9.78 Å². The van der Waals surface area contributed by atoms with E-state index in [-0.39, 0.29) is 10.8 Å². The maximum Gasteiger partial charge on any atom is 0.261 e. The molecule has 5 nitrogen and oxygen atoms in total. The summed E-state index contributed by atoms with van der Waals surface area (Å²) in [6.07, 6.45) is 1.87. The van der Waals surface area contributed by atoms with E-state index in [9.17, 15) is 4.79 Å². The second kappa shape index (κ2) is 5.71. The fraction of sp³-hybridized carbons (Fsp3) is 0.538. The SMILES string of the molecule is Cc1cn(COCC[Si](C)(C)C)c2nc(Cl)[nH]c(=O)c12. The highest BCUT2D eigenvalue weighted by atomic mass is 35.5. The third kappa shape index (κ3) is 3.50. The van der Waals surface area contributed by atoms with E-state index in [4.69, 9.17) is 16.3 Å². The predicted molar refractivity (Wildman–Crippen MR) is 84.2 cm³/mol. The summed E-state index contributed by atoms with van der Waals surface area (Å²) < 4.78 is 7.53. The molecule has 110 valence electrons. The first kappa shape index (κ1) is 15.3. The van der Waals surface area contributed by atoms with Gasteiger partial charge in [0, 0.05) is 20.9 Å². The Hall–Kier alpha value is -1.11. The maximum absolute atomic E-state index is 11.9. The van der Waals surface area contributed by atoms with Crippen LogP contribution in [0.15, 0.2) is 11.0 Å². The van der Waals surface area contributed by atoms with Crippen molar-refractivity contribution < 1.29 is 4.74 Å². The van der Waals surface area contributed by atoms with E-state index in [1.165, 1.54) is 0 Å². The Labute approximate surface area is 123 Å². The zero-order valence-electron chi connectivity index (χ0n) is 12.3. The summed E-state index contributed by atoms with van der Waals surface area (Å²) >= 11 is 5.81. The molecule has 0 aliphatic heterocycles. The molecule has 0 unspecified atom stereocenters. The van der Waals surface area contributed by atoms with Crippen molar-refractivity contribution in [1.82, 2.24) is 14.5 Å². The second-order valence-corrected chi connectivity index (χ2v) is 12.2. The summed E-state index contributed by atoms with van der Waals surface area (Å²) in [5.41, 5.74) is 1.24. The normalized spacial score (nSPS) is 12.2. The van der Waals surface area contributed by atoms with Gasteiger partial charge in [-0.1, -0.05) is 19.6 Å². The van der Waals surface area contributed by atoms with Gasteiger partial charge in [-0.15, -0.1) is 0 Å². The van der Waals surface area contributed by atoms with Crippen molar-refractivity contribution in [2.45, 2.75) is 39.3 Å². The Bertz CT molecular complexity index is 673. The average Bonchev–Trinajstić information content (AvgIpc) is 2.60. The van der Waals surface area contributed by atoms with Crippen LogP contribution in [0.5, 0.6) is 0 Å². The minimum absolute atomic E-state index is 0.101. The number of aromatic amines is 1. The van der Waals surface area contributed by atoms with Crippen LogP contribution in [0.3, 0.4) is 0 Å². The maximum atomic E-state index is 11.9. The molecule has 0 aromatic carbocycles. The van der Waals surface area contributed by atoms with Crippen molar-refractivity contribution in [2.75, 3.05) is 6.61 Å². The summed E-state index contributed by atoms with van der Waals surface area (Å²) in [4.78, 5) is 18.6. The molecule has 1 N–H and O–H groups in total. The van der Waals surface area contributed by atoms with E-state index < -0.39 is 8.07 Å². The number of rotatable bonds is 5. The van der Waals surface area contributed by atoms with Crippen molar-refractivity contribution in [3.63, 3.8) is 0 Å². The van der Waals surface area contributed by atoms with Gasteiger partial charge in [-0.25, -0.2) is 4.98 Å². The smallest absolute Gasteiger partial charge is 0.261 e. The molecule has 0 atom stereocenters. The van der Waals surface area contributed by atoms with E-state index in [0.29, 0.717) is 17.8 Å². The Morgan fingerprint density at radius 3 is 2.80 bits per heavy atom. The van der Waals surface area contributed by atoms with Gasteiger partial charge in [0.25, 0.3) is 5.56 Å². The number of fused-ring (bicyclic) bond motifs is 1. The van der Waals surface area contributed by atoms with Crippen molar-refractivity contribution in [3.8, 4) is 0 Å². The van der Waals surface area contributed by atoms with Crippen LogP contribution >= 0.6 is 11.6 Å². The van der Waals surface area contributed by atoms with Crippen LogP contribution in [0.25, 0.3) is 11.0 Å². The van der Waals surface area contributed by atoms with Gasteiger partial charge < -0.3 is 9.30 Å². The summed E-state index contributed by atoms with van der Waals surface area (Å²) in [6.45, 7) is 9.93. The molecular formula is C13H20ClN3O2Si. The average molecular weight is 314 g/mol. The molecule has 0 spiro atoms. The van der Waals surface area contributed by atoms with Crippen LogP contribution in [0.1, 0.15) is 5.56 Å². The summed E-state index contributed by atoms with van der Waals surface area (Å²) in [5.74, 6) is 0. The highest BCUT2D eigenvalue weighted by molar-refractivity contribution is 6.76. The molecule has 0 radical (unpaired) electrons. The zero-order valence-corrected chi connectivity index (χ0v) is 14.0. The van der Waals surface area contributed by atoms with Crippen LogP contribution < -0.4 is 5.56 Å². The van der Waals surface area contributed by atoms with E-state index in [0.717, 1.165) is 18.2 Å². The van der Waals surface area contributed by atoms with E-state index in [1.807, 2.05) is 17.7 Å².